The smallest absolute Gasteiger partial charge is 0.411 e. The van der Waals surface area contributed by atoms with Crippen molar-refractivity contribution >= 4 is 28.9 Å². The van der Waals surface area contributed by atoms with Gasteiger partial charge in [-0.25, -0.2) is 14.8 Å². The van der Waals surface area contributed by atoms with Crippen molar-refractivity contribution in [3.8, 4) is 5.75 Å². The molecular weight excluding hydrogens is 418 g/mol. The lowest BCUT2D eigenvalue weighted by Crippen LogP contribution is -2.23. The van der Waals surface area contributed by atoms with Gasteiger partial charge >= 0.3 is 6.09 Å². The Bertz CT molecular complexity index is 1070. The van der Waals surface area contributed by atoms with Gasteiger partial charge in [0.15, 0.2) is 5.82 Å². The normalized spacial score (nSPS) is 12.0. The van der Waals surface area contributed by atoms with E-state index in [1.54, 1.807) is 16.8 Å². The molecule has 0 unspecified atom stereocenters. The molecule has 0 saturated heterocycles. The Balaban J connectivity index is 2.07. The van der Waals surface area contributed by atoms with Crippen LogP contribution in [0.5, 0.6) is 5.75 Å². The number of nitrogens with zero attached hydrogens (tertiary/aromatic N) is 5. The van der Waals surface area contributed by atoms with Gasteiger partial charge in [-0.3, -0.25) is 10.00 Å². The van der Waals surface area contributed by atoms with Gasteiger partial charge in [0.1, 0.15) is 22.5 Å². The molecule has 5 N–H and O–H groups in total. The van der Waals surface area contributed by atoms with E-state index < -0.39 is 6.09 Å². The third kappa shape index (κ3) is 5.39. The van der Waals surface area contributed by atoms with Crippen LogP contribution >= 0.6 is 0 Å². The molecule has 0 aliphatic heterocycles. The number of methoxy groups -OCH3 is 1. The minimum absolute atomic E-state index is 0.000455. The number of hydrogen-bond acceptors (Lipinski definition) is 9. The van der Waals surface area contributed by atoms with Crippen molar-refractivity contribution in [1.82, 2.24) is 24.7 Å². The summed E-state index contributed by atoms with van der Waals surface area (Å²) in [6.45, 7) is 2.04. The van der Waals surface area contributed by atoms with Crippen LogP contribution in [0.25, 0.3) is 11.0 Å². The van der Waals surface area contributed by atoms with Crippen LogP contribution in [0, 0.1) is 0 Å². The fraction of sp³-hybridized carbons (Fsp3) is 0.450. The Labute approximate surface area is 184 Å². The van der Waals surface area contributed by atoms with E-state index in [4.69, 9.17) is 9.84 Å². The highest BCUT2D eigenvalue weighted by Crippen LogP contribution is 2.26. The quantitative estimate of drug-likeness (QED) is 0.294. The zero-order valence-electron chi connectivity index (χ0n) is 17.9. The van der Waals surface area contributed by atoms with Gasteiger partial charge < -0.3 is 25.4 Å². The lowest BCUT2D eigenvalue weighted by atomic mass is 10.1. The molecule has 32 heavy (non-hydrogen) atoms. The topological polar surface area (TPSA) is 168 Å². The summed E-state index contributed by atoms with van der Waals surface area (Å²) in [5.41, 5.74) is 2.04. The summed E-state index contributed by atoms with van der Waals surface area (Å²) in [6, 6.07) is 3.32. The van der Waals surface area contributed by atoms with E-state index in [-0.39, 0.29) is 31.7 Å². The summed E-state index contributed by atoms with van der Waals surface area (Å²) in [4.78, 5) is 24.1. The molecule has 3 heterocycles. The van der Waals surface area contributed by atoms with Crippen molar-refractivity contribution < 1.29 is 24.9 Å². The van der Waals surface area contributed by atoms with E-state index >= 15 is 0 Å². The Hall–Kier alpha value is -3.51. The number of hydrogen-bond donors (Lipinski definition) is 5. The second-order valence-electron chi connectivity index (χ2n) is 7.11. The summed E-state index contributed by atoms with van der Waals surface area (Å²) < 4.78 is 7.03. The second kappa shape index (κ2) is 10.7. The van der Waals surface area contributed by atoms with E-state index in [0.29, 0.717) is 40.4 Å². The number of carboxylic acid groups (broad SMARTS) is 1. The molecule has 0 spiro atoms. The number of aliphatic hydroxyl groups is 2. The summed E-state index contributed by atoms with van der Waals surface area (Å²) in [5.74, 6) is 0.847. The molecule has 1 amide bonds. The maximum absolute atomic E-state index is 11.1. The molecule has 0 aromatic carbocycles. The van der Waals surface area contributed by atoms with Crippen LogP contribution in [-0.4, -0.2) is 65.9 Å². The largest absolute Gasteiger partial charge is 0.495 e. The number of aromatic nitrogens is 5. The highest BCUT2D eigenvalue weighted by molar-refractivity contribution is 5.89. The average molecular weight is 445 g/mol. The fourth-order valence-electron chi connectivity index (χ4n) is 3.42. The summed E-state index contributed by atoms with van der Waals surface area (Å²) in [5, 5.41) is 37.8. The average Bonchev–Trinajstić information content (AvgIpc) is 3.16. The molecule has 3 aromatic rings. The molecule has 12 heteroatoms. The second-order valence-corrected chi connectivity index (χ2v) is 7.11. The van der Waals surface area contributed by atoms with Crippen LogP contribution in [0.4, 0.5) is 16.6 Å². The van der Waals surface area contributed by atoms with E-state index in [9.17, 15) is 15.0 Å². The number of fused-ring (bicyclic) bond motifs is 1. The highest BCUT2D eigenvalue weighted by Gasteiger charge is 2.19. The van der Waals surface area contributed by atoms with Crippen molar-refractivity contribution in [2.24, 2.45) is 0 Å². The van der Waals surface area contributed by atoms with Gasteiger partial charge in [0.2, 0.25) is 5.95 Å². The minimum Gasteiger partial charge on any atom is -0.495 e. The molecule has 0 radical (unpaired) electrons. The number of nitrogens with one attached hydrogen (secondary N) is 2. The molecule has 3 aromatic heterocycles. The van der Waals surface area contributed by atoms with Crippen LogP contribution in [0.2, 0.25) is 0 Å². The predicted molar refractivity (Wildman–Crippen MR) is 117 cm³/mol. The molecular formula is C20H27N7O5. The van der Waals surface area contributed by atoms with E-state index in [0.717, 1.165) is 12.8 Å². The van der Waals surface area contributed by atoms with Crippen LogP contribution in [0.3, 0.4) is 0 Å². The molecule has 12 nitrogen and oxygen atoms in total. The Kier molecular flexibility index (Phi) is 7.73. The van der Waals surface area contributed by atoms with Gasteiger partial charge in [-0.2, -0.15) is 10.1 Å². The van der Waals surface area contributed by atoms with Crippen molar-refractivity contribution in [2.75, 3.05) is 24.4 Å². The highest BCUT2D eigenvalue weighted by atomic mass is 16.5. The number of aliphatic hydroxyl groups excluding tert-OH is 2. The third-order valence-corrected chi connectivity index (χ3v) is 4.83. The molecule has 1 atom stereocenters. The SMILES string of the molecule is CCC[C@@H](CCO)Nc1nc(NC(=O)O)nc2cnn(Cc3nc(CO)ccc3OC)c12. The van der Waals surface area contributed by atoms with Gasteiger partial charge in [0.25, 0.3) is 0 Å². The fourth-order valence-corrected chi connectivity index (χ4v) is 3.42. The molecule has 0 aliphatic carbocycles. The van der Waals surface area contributed by atoms with Crippen LogP contribution in [-0.2, 0) is 13.2 Å². The Morgan fingerprint density at radius 2 is 2.03 bits per heavy atom. The zero-order valence-corrected chi connectivity index (χ0v) is 17.9. The lowest BCUT2D eigenvalue weighted by molar-refractivity contribution is 0.209. The number of carbonyl (C=O) groups is 1. The van der Waals surface area contributed by atoms with Crippen molar-refractivity contribution in [3.63, 3.8) is 0 Å². The van der Waals surface area contributed by atoms with Gasteiger partial charge in [-0.05, 0) is 25.0 Å². The van der Waals surface area contributed by atoms with E-state index in [1.807, 2.05) is 6.92 Å². The summed E-state index contributed by atoms with van der Waals surface area (Å²) in [7, 11) is 1.53. The monoisotopic (exact) mass is 445 g/mol. The van der Waals surface area contributed by atoms with Gasteiger partial charge in [0, 0.05) is 12.6 Å². The molecule has 3 rings (SSSR count). The van der Waals surface area contributed by atoms with Crippen LogP contribution in [0.1, 0.15) is 37.6 Å². The van der Waals surface area contributed by atoms with Gasteiger partial charge in [-0.1, -0.05) is 13.3 Å². The third-order valence-electron chi connectivity index (χ3n) is 4.83. The summed E-state index contributed by atoms with van der Waals surface area (Å²) in [6.07, 6.45) is 2.41. The first-order chi connectivity index (χ1) is 15.5. The minimum atomic E-state index is -1.28. The van der Waals surface area contributed by atoms with Crippen molar-refractivity contribution in [2.45, 2.75) is 45.4 Å². The van der Waals surface area contributed by atoms with Crippen LogP contribution in [0.15, 0.2) is 18.3 Å². The van der Waals surface area contributed by atoms with E-state index in [1.165, 1.54) is 13.3 Å². The predicted octanol–water partition coefficient (Wildman–Crippen LogP) is 1.82. The maximum Gasteiger partial charge on any atom is 0.411 e. The number of rotatable bonds is 11. The first-order valence-corrected chi connectivity index (χ1v) is 10.2. The standard InChI is InChI=1S/C20H27N7O5/c1-3-4-12(7-8-28)23-18-17-14(24-19(25-18)26-20(30)31)9-21-27(17)10-15-16(32-2)6-5-13(11-29)22-15/h5-6,9,12,28-29H,3-4,7-8,10-11H2,1-2H3,(H,30,31)(H2,23,24,25,26)/t12-/m0/s1. The Morgan fingerprint density at radius 3 is 2.69 bits per heavy atom. The van der Waals surface area contributed by atoms with E-state index in [2.05, 4.69) is 30.7 Å². The van der Waals surface area contributed by atoms with Gasteiger partial charge in [-0.15, -0.1) is 0 Å². The maximum atomic E-state index is 11.1. The van der Waals surface area contributed by atoms with Crippen LogP contribution < -0.4 is 15.4 Å². The van der Waals surface area contributed by atoms with Gasteiger partial charge in [0.05, 0.1) is 32.2 Å². The number of ether oxygens (including phenoxy) is 1. The Morgan fingerprint density at radius 1 is 1.22 bits per heavy atom. The first kappa shape index (κ1) is 23.2. The molecule has 0 fully saturated rings. The number of anilines is 2. The number of pyridine rings is 1. The number of amides is 1. The molecule has 172 valence electrons. The van der Waals surface area contributed by atoms with Crippen molar-refractivity contribution in [3.05, 3.63) is 29.7 Å². The van der Waals surface area contributed by atoms with Crippen molar-refractivity contribution in [1.29, 1.82) is 0 Å². The molecule has 0 bridgehead atoms. The molecule has 0 saturated carbocycles. The zero-order chi connectivity index (χ0) is 23.1. The lowest BCUT2D eigenvalue weighted by Gasteiger charge is -2.19. The molecule has 0 aliphatic rings. The first-order valence-electron chi connectivity index (χ1n) is 10.2. The summed E-state index contributed by atoms with van der Waals surface area (Å²) >= 11 is 0.